The number of rotatable bonds is 0. The molecule has 6 nitrogen and oxygen atoms in total. The van der Waals surface area contributed by atoms with E-state index in [0.29, 0.717) is 61.2 Å². The summed E-state index contributed by atoms with van der Waals surface area (Å²) in [6.45, 7) is 33.4. The Morgan fingerprint density at radius 3 is 1.36 bits per heavy atom. The quantitative estimate of drug-likeness (QED) is 0.133. The van der Waals surface area contributed by atoms with Crippen molar-refractivity contribution in [2.24, 2.45) is 0 Å². The molecule has 45 heavy (non-hydrogen) atoms. The van der Waals surface area contributed by atoms with Crippen LogP contribution < -0.4 is 0 Å². The molecule has 0 heterocycles. The van der Waals surface area contributed by atoms with E-state index in [1.54, 1.807) is 6.07 Å². The molecule has 0 saturated heterocycles. The van der Waals surface area contributed by atoms with Crippen molar-refractivity contribution in [3.05, 3.63) is 168 Å². The summed E-state index contributed by atoms with van der Waals surface area (Å²) in [5.74, 6) is -1.54. The molecule has 4 aromatic carbocycles. The molecule has 0 amide bonds. The molecule has 3 aliphatic rings. The molecule has 0 aromatic heterocycles. The van der Waals surface area contributed by atoms with Crippen molar-refractivity contribution in [2.75, 3.05) is 0 Å². The Labute approximate surface area is 256 Å². The minimum absolute atomic E-state index is 0.147. The van der Waals surface area contributed by atoms with Crippen molar-refractivity contribution in [2.45, 2.75) is 6.92 Å². The third-order valence-corrected chi connectivity index (χ3v) is 8.35. The van der Waals surface area contributed by atoms with Gasteiger partial charge in [0.1, 0.15) is 24.8 Å². The van der Waals surface area contributed by atoms with Gasteiger partial charge in [-0.05, 0) is 98.0 Å². The Hall–Kier alpha value is -7.10. The van der Waals surface area contributed by atoms with Crippen molar-refractivity contribution in [1.29, 1.82) is 10.5 Å². The number of nitrogens with zero attached hydrogens (tertiary/aromatic N) is 6. The first kappa shape index (κ1) is 26.8. The predicted octanol–water partition coefficient (Wildman–Crippen LogP) is 9.17. The van der Waals surface area contributed by atoms with Gasteiger partial charge in [0.05, 0.1) is 30.9 Å². The second-order valence-electron chi connectivity index (χ2n) is 10.5. The lowest BCUT2D eigenvalue weighted by molar-refractivity contribution is 0.627. The van der Waals surface area contributed by atoms with E-state index >= 15 is 0 Å². The third kappa shape index (κ3) is 3.35. The van der Waals surface area contributed by atoms with E-state index in [4.69, 9.17) is 26.3 Å². The maximum Gasteiger partial charge on any atom is 0.527 e. The zero-order valence-corrected chi connectivity index (χ0v) is 23.1. The number of halogens is 2. The smallest absolute Gasteiger partial charge is 0.226 e. The number of benzene rings is 4. The van der Waals surface area contributed by atoms with Crippen LogP contribution in [0.1, 0.15) is 38.9 Å². The zero-order valence-electron chi connectivity index (χ0n) is 23.1. The van der Waals surface area contributed by atoms with Gasteiger partial charge in [0.15, 0.2) is 0 Å². The molecule has 4 aromatic rings. The molecule has 0 atom stereocenters. The van der Waals surface area contributed by atoms with Crippen LogP contribution in [0.5, 0.6) is 0 Å². The van der Waals surface area contributed by atoms with Gasteiger partial charge in [0, 0.05) is 11.1 Å². The predicted molar refractivity (Wildman–Crippen MR) is 163 cm³/mol. The first-order valence-electron chi connectivity index (χ1n) is 13.3. The molecule has 0 bridgehead atoms. The van der Waals surface area contributed by atoms with Gasteiger partial charge in [0.2, 0.25) is 0 Å². The van der Waals surface area contributed by atoms with Crippen molar-refractivity contribution in [1.82, 2.24) is 0 Å². The van der Waals surface area contributed by atoms with Crippen LogP contribution in [0.15, 0.2) is 71.8 Å². The third-order valence-electron chi connectivity index (χ3n) is 8.35. The lowest BCUT2D eigenvalue weighted by Gasteiger charge is -2.18. The topological polar surface area (TPSA) is 65.0 Å². The van der Waals surface area contributed by atoms with Gasteiger partial charge in [-0.3, -0.25) is 0 Å². The Kier molecular flexibility index (Phi) is 5.63. The number of allylic oxidation sites excluding steroid dienone is 2. The first-order chi connectivity index (χ1) is 21.8. The Bertz CT molecular complexity index is 2170. The molecular weight excluding hydrogens is 566 g/mol. The molecule has 0 N–H and O–H groups in total. The fraction of sp³-hybridized carbons (Fsp3) is 0.0270. The molecule has 0 fully saturated rings. The molecule has 0 saturated carbocycles. The van der Waals surface area contributed by atoms with Gasteiger partial charge < -0.3 is 0 Å². The number of aryl methyl sites for hydroxylation is 1. The summed E-state index contributed by atoms with van der Waals surface area (Å²) in [7, 11) is 0. The number of fused-ring (bicyclic) bond motifs is 12. The first-order valence-corrected chi connectivity index (χ1v) is 13.3. The van der Waals surface area contributed by atoms with E-state index in [1.165, 1.54) is 30.3 Å². The summed E-state index contributed by atoms with van der Waals surface area (Å²) in [5, 5.41) is 20.3. The van der Waals surface area contributed by atoms with Crippen LogP contribution in [0.4, 0.5) is 8.78 Å². The Balaban J connectivity index is 1.88. The van der Waals surface area contributed by atoms with Gasteiger partial charge in [-0.25, -0.2) is 29.0 Å². The average molecular weight is 579 g/mol. The molecule has 3 aliphatic carbocycles. The van der Waals surface area contributed by atoms with Gasteiger partial charge in [-0.1, -0.05) is 35.9 Å². The van der Waals surface area contributed by atoms with Gasteiger partial charge >= 0.3 is 5.82 Å². The average Bonchev–Trinajstić information content (AvgIpc) is 3.65. The van der Waals surface area contributed by atoms with Crippen molar-refractivity contribution in [3.63, 3.8) is 0 Å². The Morgan fingerprint density at radius 1 is 0.533 bits per heavy atom. The zero-order chi connectivity index (χ0) is 31.7. The summed E-state index contributed by atoms with van der Waals surface area (Å²) in [5.41, 5.74) is 6.32. The fourth-order valence-corrected chi connectivity index (χ4v) is 6.81. The standard InChI is InChI=1S/C37H12F2N6/c1-17-6-9-20-23(12-17)28(26(15-40)42-2)34-30(20)35-29(27(16-41)43-3)24-13-18(38)7-10-21(24)31(35)36-32(34)22-11-8-19(39)14-25(22)33(36)37(44-4)45-5/h6-14H,1H3/b28-26-,29-27+. The van der Waals surface area contributed by atoms with E-state index < -0.39 is 11.6 Å². The van der Waals surface area contributed by atoms with Gasteiger partial charge in [0.25, 0.3) is 11.4 Å². The lowest BCUT2D eigenvalue weighted by Crippen LogP contribution is -1.98. The maximum atomic E-state index is 14.9. The van der Waals surface area contributed by atoms with Crippen LogP contribution in [0, 0.1) is 67.5 Å². The van der Waals surface area contributed by atoms with E-state index in [1.807, 2.05) is 37.3 Å². The summed E-state index contributed by atoms with van der Waals surface area (Å²) < 4.78 is 29.8. The van der Waals surface area contributed by atoms with Gasteiger partial charge in [-0.15, -0.1) is 0 Å². The van der Waals surface area contributed by atoms with Crippen LogP contribution >= 0.6 is 0 Å². The normalized spacial score (nSPS) is 14.5. The van der Waals surface area contributed by atoms with E-state index in [-0.39, 0.29) is 39.5 Å². The monoisotopic (exact) mass is 578 g/mol. The SMILES string of the molecule is [C-]#[N+]C([N+]#[C-])=C1c2cc(F)ccc2-c2c1c1c(c3c2/C(=C(/C#N)[N+]#[C-])c2cc(C)ccc2-3)/C(=C(\C#N)[N+]#[C-])c2cc(F)ccc2-1. The lowest BCUT2D eigenvalue weighted by atomic mass is 9.83. The highest BCUT2D eigenvalue weighted by molar-refractivity contribution is 6.24. The second-order valence-corrected chi connectivity index (χ2v) is 10.5. The minimum atomic E-state index is -0.602. The van der Waals surface area contributed by atoms with Crippen LogP contribution in [0.2, 0.25) is 0 Å². The van der Waals surface area contributed by atoms with E-state index in [2.05, 4.69) is 19.4 Å². The fourth-order valence-electron chi connectivity index (χ4n) is 6.81. The molecule has 204 valence electrons. The number of hydrogen-bond donors (Lipinski definition) is 0. The van der Waals surface area contributed by atoms with Crippen LogP contribution in [-0.4, -0.2) is 0 Å². The molecule has 7 rings (SSSR count). The van der Waals surface area contributed by atoms with Crippen LogP contribution in [0.3, 0.4) is 0 Å². The largest absolute Gasteiger partial charge is 0.527 e. The number of nitriles is 2. The highest BCUT2D eigenvalue weighted by Crippen LogP contribution is 2.65. The van der Waals surface area contributed by atoms with Crippen molar-refractivity contribution in [3.8, 4) is 45.5 Å². The molecule has 0 aliphatic heterocycles. The van der Waals surface area contributed by atoms with Crippen LogP contribution in [-0.2, 0) is 0 Å². The van der Waals surface area contributed by atoms with E-state index in [0.717, 1.165) is 5.56 Å². The molecule has 0 spiro atoms. The van der Waals surface area contributed by atoms with Gasteiger partial charge in [-0.2, -0.15) is 9.69 Å². The van der Waals surface area contributed by atoms with Crippen LogP contribution in [0.25, 0.3) is 69.5 Å². The second kappa shape index (κ2) is 9.46. The minimum Gasteiger partial charge on any atom is -0.226 e. The number of hydrogen-bond acceptors (Lipinski definition) is 2. The summed E-state index contributed by atoms with van der Waals surface area (Å²) >= 11 is 0. The summed E-state index contributed by atoms with van der Waals surface area (Å²) in [4.78, 5) is 14.1. The van der Waals surface area contributed by atoms with Crippen molar-refractivity contribution >= 4 is 16.7 Å². The molecule has 0 unspecified atom stereocenters. The van der Waals surface area contributed by atoms with E-state index in [9.17, 15) is 19.3 Å². The molecule has 8 heteroatoms. The maximum absolute atomic E-state index is 14.9. The van der Waals surface area contributed by atoms with Crippen molar-refractivity contribution < 1.29 is 8.78 Å². The summed E-state index contributed by atoms with van der Waals surface area (Å²) in [6, 6.07) is 17.6. The summed E-state index contributed by atoms with van der Waals surface area (Å²) in [6.07, 6.45) is 0. The highest BCUT2D eigenvalue weighted by Gasteiger charge is 2.45. The molecule has 0 radical (unpaired) electrons. The Morgan fingerprint density at radius 2 is 0.933 bits per heavy atom. The highest BCUT2D eigenvalue weighted by atomic mass is 19.1. The molecular formula is C37H12F2N6.